The Hall–Kier alpha value is -1.18. The Morgan fingerprint density at radius 1 is 1.39 bits per heavy atom. The molecule has 18 heavy (non-hydrogen) atoms. The van der Waals surface area contributed by atoms with Gasteiger partial charge in [0.05, 0.1) is 0 Å². The number of benzene rings is 1. The zero-order chi connectivity index (χ0) is 13.3. The van der Waals surface area contributed by atoms with Crippen LogP contribution in [0.2, 0.25) is 0 Å². The normalized spacial score (nSPS) is 21.2. The molecule has 0 fully saturated rings. The van der Waals surface area contributed by atoms with Crippen LogP contribution >= 0.6 is 0 Å². The van der Waals surface area contributed by atoms with Gasteiger partial charge >= 0.3 is 0 Å². The third-order valence-corrected chi connectivity index (χ3v) is 3.87. The summed E-state index contributed by atoms with van der Waals surface area (Å²) in [5.41, 5.74) is 3.69. The van der Waals surface area contributed by atoms with Gasteiger partial charge in [0.1, 0.15) is 5.75 Å². The summed E-state index contributed by atoms with van der Waals surface area (Å²) >= 11 is 0. The average Bonchev–Trinajstić information content (AvgIpc) is 2.26. The topological polar surface area (TPSA) is 32.3 Å². The summed E-state index contributed by atoms with van der Waals surface area (Å²) < 4.78 is 0. The highest BCUT2D eigenvalue weighted by molar-refractivity contribution is 5.61. The van der Waals surface area contributed by atoms with Crippen LogP contribution in [0.15, 0.2) is 12.1 Å². The van der Waals surface area contributed by atoms with Crippen molar-refractivity contribution >= 4 is 5.69 Å². The Kier molecular flexibility index (Phi) is 3.56. The number of unbranched alkanes of at least 4 members (excludes halogenated alkanes) is 1. The molecule has 2 nitrogen and oxygen atoms in total. The van der Waals surface area contributed by atoms with Gasteiger partial charge in [-0.3, -0.25) is 0 Å². The highest BCUT2D eigenvalue weighted by Crippen LogP contribution is 2.41. The molecule has 1 aliphatic heterocycles. The number of rotatable bonds is 3. The summed E-state index contributed by atoms with van der Waals surface area (Å²) in [5.74, 6) is 0.970. The number of anilines is 1. The van der Waals surface area contributed by atoms with E-state index in [-0.39, 0.29) is 5.54 Å². The van der Waals surface area contributed by atoms with Crippen LogP contribution in [-0.4, -0.2) is 10.6 Å². The van der Waals surface area contributed by atoms with Gasteiger partial charge in [0.15, 0.2) is 0 Å². The van der Waals surface area contributed by atoms with Gasteiger partial charge in [-0.05, 0) is 62.3 Å². The minimum Gasteiger partial charge on any atom is -0.508 e. The maximum Gasteiger partial charge on any atom is 0.119 e. The lowest BCUT2D eigenvalue weighted by molar-refractivity contribution is 0.442. The molecule has 0 aromatic heterocycles. The first-order valence-corrected chi connectivity index (χ1v) is 7.07. The second-order valence-corrected chi connectivity index (χ2v) is 6.29. The fraction of sp³-hybridized carbons (Fsp3) is 0.625. The van der Waals surface area contributed by atoms with Crippen molar-refractivity contribution in [3.05, 3.63) is 23.3 Å². The quantitative estimate of drug-likeness (QED) is 0.774. The van der Waals surface area contributed by atoms with Crippen LogP contribution in [-0.2, 0) is 6.42 Å². The van der Waals surface area contributed by atoms with E-state index in [2.05, 4.69) is 39.1 Å². The molecule has 1 unspecified atom stereocenters. The first-order valence-electron chi connectivity index (χ1n) is 7.07. The molecule has 1 heterocycles. The molecule has 0 aliphatic carbocycles. The van der Waals surface area contributed by atoms with E-state index < -0.39 is 0 Å². The zero-order valence-corrected chi connectivity index (χ0v) is 12.0. The lowest BCUT2D eigenvalue weighted by Crippen LogP contribution is -2.36. The molecule has 0 amide bonds. The minimum atomic E-state index is 0.144. The van der Waals surface area contributed by atoms with Crippen LogP contribution in [0.25, 0.3) is 0 Å². The summed E-state index contributed by atoms with van der Waals surface area (Å²) in [6.45, 7) is 8.90. The van der Waals surface area contributed by atoms with Crippen molar-refractivity contribution in [2.24, 2.45) is 0 Å². The Morgan fingerprint density at radius 2 is 2.11 bits per heavy atom. The van der Waals surface area contributed by atoms with Gasteiger partial charge in [-0.1, -0.05) is 20.3 Å². The fourth-order valence-electron chi connectivity index (χ4n) is 3.02. The van der Waals surface area contributed by atoms with Gasteiger partial charge in [0, 0.05) is 11.2 Å². The van der Waals surface area contributed by atoms with E-state index in [1.54, 1.807) is 0 Å². The molecule has 0 spiro atoms. The number of phenolic OH excluding ortho intramolecular Hbond substituents is 1. The smallest absolute Gasteiger partial charge is 0.119 e. The monoisotopic (exact) mass is 247 g/mol. The lowest BCUT2D eigenvalue weighted by atomic mass is 9.81. The third-order valence-electron chi connectivity index (χ3n) is 3.87. The first-order chi connectivity index (χ1) is 8.43. The number of aromatic hydroxyl groups is 1. The highest BCUT2D eigenvalue weighted by Gasteiger charge is 2.29. The van der Waals surface area contributed by atoms with Gasteiger partial charge in [0.25, 0.3) is 0 Å². The molecule has 1 aromatic rings. The highest BCUT2D eigenvalue weighted by atomic mass is 16.3. The molecule has 1 aliphatic rings. The van der Waals surface area contributed by atoms with E-state index in [0.29, 0.717) is 11.7 Å². The van der Waals surface area contributed by atoms with Gasteiger partial charge in [-0.2, -0.15) is 0 Å². The van der Waals surface area contributed by atoms with E-state index >= 15 is 0 Å². The Morgan fingerprint density at radius 3 is 2.78 bits per heavy atom. The standard InChI is InChI=1S/C16H25NO/c1-5-6-7-12-8-14-13(9-15(12)18)11(2)10-16(3,4)17-14/h8-9,11,17-18H,5-7,10H2,1-4H3. The molecule has 0 radical (unpaired) electrons. The van der Waals surface area contributed by atoms with Gasteiger partial charge < -0.3 is 10.4 Å². The Balaban J connectivity index is 2.35. The maximum absolute atomic E-state index is 10.1. The largest absolute Gasteiger partial charge is 0.508 e. The Bertz CT molecular complexity index is 437. The summed E-state index contributed by atoms with van der Waals surface area (Å²) in [7, 11) is 0. The second-order valence-electron chi connectivity index (χ2n) is 6.29. The number of hydrogen-bond donors (Lipinski definition) is 2. The van der Waals surface area contributed by atoms with Crippen LogP contribution in [0.4, 0.5) is 5.69 Å². The molecule has 1 aromatic carbocycles. The van der Waals surface area contributed by atoms with E-state index in [4.69, 9.17) is 0 Å². The van der Waals surface area contributed by atoms with Crippen molar-refractivity contribution < 1.29 is 5.11 Å². The number of aryl methyl sites for hydroxylation is 1. The zero-order valence-electron chi connectivity index (χ0n) is 12.0. The predicted molar refractivity (Wildman–Crippen MR) is 77.5 cm³/mol. The predicted octanol–water partition coefficient (Wildman–Crippen LogP) is 4.43. The van der Waals surface area contributed by atoms with Crippen LogP contribution in [0.1, 0.15) is 64.0 Å². The van der Waals surface area contributed by atoms with Crippen molar-refractivity contribution in [1.82, 2.24) is 0 Å². The van der Waals surface area contributed by atoms with Crippen LogP contribution in [0, 0.1) is 0 Å². The van der Waals surface area contributed by atoms with Gasteiger partial charge in [0.2, 0.25) is 0 Å². The molecule has 0 bridgehead atoms. The van der Waals surface area contributed by atoms with Crippen LogP contribution in [0.5, 0.6) is 5.75 Å². The Labute approximate surface area is 110 Å². The summed E-state index contributed by atoms with van der Waals surface area (Å²) in [5, 5.41) is 13.7. The molecule has 2 rings (SSSR count). The number of hydrogen-bond acceptors (Lipinski definition) is 2. The fourth-order valence-corrected chi connectivity index (χ4v) is 3.02. The van der Waals surface area contributed by atoms with E-state index in [0.717, 1.165) is 31.2 Å². The van der Waals surface area contributed by atoms with Gasteiger partial charge in [-0.15, -0.1) is 0 Å². The first kappa shape index (κ1) is 13.3. The van der Waals surface area contributed by atoms with Gasteiger partial charge in [-0.25, -0.2) is 0 Å². The number of phenols is 1. The SMILES string of the molecule is CCCCc1cc2c(cc1O)C(C)CC(C)(C)N2. The van der Waals surface area contributed by atoms with Crippen molar-refractivity contribution in [3.63, 3.8) is 0 Å². The molecule has 100 valence electrons. The molecule has 0 saturated carbocycles. The number of nitrogens with one attached hydrogen (secondary N) is 1. The molecule has 2 N–H and O–H groups in total. The molecular formula is C16H25NO. The average molecular weight is 247 g/mol. The van der Waals surface area contributed by atoms with Crippen molar-refractivity contribution in [2.75, 3.05) is 5.32 Å². The van der Waals surface area contributed by atoms with Crippen LogP contribution in [0.3, 0.4) is 0 Å². The molecule has 1 atom stereocenters. The number of fused-ring (bicyclic) bond motifs is 1. The van der Waals surface area contributed by atoms with E-state index in [9.17, 15) is 5.11 Å². The summed E-state index contributed by atoms with van der Waals surface area (Å²) in [4.78, 5) is 0. The summed E-state index contributed by atoms with van der Waals surface area (Å²) in [6.07, 6.45) is 4.36. The molecule has 2 heteroatoms. The maximum atomic E-state index is 10.1. The summed E-state index contributed by atoms with van der Waals surface area (Å²) in [6, 6.07) is 4.12. The minimum absolute atomic E-state index is 0.144. The van der Waals surface area contributed by atoms with Crippen molar-refractivity contribution in [3.8, 4) is 5.75 Å². The van der Waals surface area contributed by atoms with Crippen molar-refractivity contribution in [1.29, 1.82) is 0 Å². The second kappa shape index (κ2) is 4.83. The van der Waals surface area contributed by atoms with E-state index in [1.165, 1.54) is 11.3 Å². The van der Waals surface area contributed by atoms with Crippen molar-refractivity contribution in [2.45, 2.75) is 64.8 Å². The third kappa shape index (κ3) is 2.63. The molecule has 0 saturated heterocycles. The molecular weight excluding hydrogens is 222 g/mol. The van der Waals surface area contributed by atoms with E-state index in [1.807, 2.05) is 6.07 Å². The lowest BCUT2D eigenvalue weighted by Gasteiger charge is -2.38. The van der Waals surface area contributed by atoms with Crippen LogP contribution < -0.4 is 5.32 Å².